The van der Waals surface area contributed by atoms with E-state index in [0.717, 1.165) is 31.4 Å². The van der Waals surface area contributed by atoms with Crippen LogP contribution in [0.2, 0.25) is 0 Å². The summed E-state index contributed by atoms with van der Waals surface area (Å²) < 4.78 is 5.27. The Balaban J connectivity index is 3.97. The van der Waals surface area contributed by atoms with E-state index in [0.29, 0.717) is 0 Å². The Hall–Kier alpha value is -1.05. The van der Waals surface area contributed by atoms with Gasteiger partial charge in [-0.2, -0.15) is 0 Å². The average Bonchev–Trinajstić information content (AvgIpc) is 2.41. The van der Waals surface area contributed by atoms with Crippen LogP contribution in [0.1, 0.15) is 85.0 Å². The van der Waals surface area contributed by atoms with E-state index in [9.17, 15) is 4.79 Å². The van der Waals surface area contributed by atoms with E-state index in [4.69, 9.17) is 4.74 Å². The molecule has 0 aromatic rings. The van der Waals surface area contributed by atoms with Crippen molar-refractivity contribution in [1.82, 2.24) is 0 Å². The minimum atomic E-state index is -0.209. The van der Waals surface area contributed by atoms with Crippen molar-refractivity contribution in [3.63, 3.8) is 0 Å². The predicted octanol–water partition coefficient (Wildman–Crippen LogP) is 5.93. The van der Waals surface area contributed by atoms with E-state index in [1.165, 1.54) is 45.4 Å². The van der Waals surface area contributed by atoms with Crippen LogP contribution in [0, 0.1) is 0 Å². The van der Waals surface area contributed by atoms with Crippen LogP contribution in [0.3, 0.4) is 0 Å². The highest BCUT2D eigenvalue weighted by molar-refractivity contribution is 5.67. The number of carbonyl (C=O) groups excluding carboxylic acids is 1. The third kappa shape index (κ3) is 13.4. The van der Waals surface area contributed by atoms with Gasteiger partial charge in [0.2, 0.25) is 0 Å². The first-order valence-corrected chi connectivity index (χ1v) is 8.23. The number of carbonyl (C=O) groups is 1. The molecule has 0 aromatic carbocycles. The van der Waals surface area contributed by atoms with Crippen molar-refractivity contribution in [2.45, 2.75) is 85.0 Å². The summed E-state index contributed by atoms with van der Waals surface area (Å²) in [6.07, 6.45) is 18.0. The van der Waals surface area contributed by atoms with Crippen LogP contribution < -0.4 is 0 Å². The molecule has 0 saturated carbocycles. The van der Waals surface area contributed by atoms with Gasteiger partial charge in [0, 0.05) is 13.3 Å². The molecule has 2 heteroatoms. The van der Waals surface area contributed by atoms with Gasteiger partial charge in [-0.15, -0.1) is 0 Å². The summed E-state index contributed by atoms with van der Waals surface area (Å²) in [5.74, 6) is 0.633. The summed E-state index contributed by atoms with van der Waals surface area (Å²) in [7, 11) is 0. The fraction of sp³-hybridized carbons (Fsp3) is 0.722. The highest BCUT2D eigenvalue weighted by atomic mass is 16.5. The van der Waals surface area contributed by atoms with E-state index >= 15 is 0 Å². The van der Waals surface area contributed by atoms with Crippen molar-refractivity contribution < 1.29 is 9.53 Å². The van der Waals surface area contributed by atoms with Crippen LogP contribution in [0.4, 0.5) is 0 Å². The summed E-state index contributed by atoms with van der Waals surface area (Å²) in [6, 6.07) is 0. The second-order valence-electron chi connectivity index (χ2n) is 5.27. The minimum absolute atomic E-state index is 0.209. The fourth-order valence-corrected chi connectivity index (χ4v) is 2.00. The van der Waals surface area contributed by atoms with Crippen LogP contribution in [-0.2, 0) is 9.53 Å². The molecule has 0 bridgehead atoms. The third-order valence-corrected chi connectivity index (χ3v) is 3.15. The lowest BCUT2D eigenvalue weighted by Gasteiger charge is -2.06. The zero-order chi connectivity index (χ0) is 15.1. The first-order chi connectivity index (χ1) is 9.70. The number of hydrogen-bond donors (Lipinski definition) is 0. The van der Waals surface area contributed by atoms with Crippen molar-refractivity contribution in [1.29, 1.82) is 0 Å². The van der Waals surface area contributed by atoms with Crippen molar-refractivity contribution >= 4 is 5.97 Å². The largest absolute Gasteiger partial charge is 0.432 e. The molecule has 0 aliphatic heterocycles. The van der Waals surface area contributed by atoms with Crippen molar-refractivity contribution in [2.24, 2.45) is 0 Å². The summed E-state index contributed by atoms with van der Waals surface area (Å²) in [6.45, 7) is 5.89. The summed E-state index contributed by atoms with van der Waals surface area (Å²) >= 11 is 0. The second kappa shape index (κ2) is 14.4. The van der Waals surface area contributed by atoms with Crippen LogP contribution in [-0.4, -0.2) is 5.97 Å². The van der Waals surface area contributed by atoms with Crippen molar-refractivity contribution in [3.8, 4) is 0 Å². The molecule has 0 amide bonds. The van der Waals surface area contributed by atoms with Gasteiger partial charge >= 0.3 is 5.97 Å². The maximum absolute atomic E-state index is 11.1. The summed E-state index contributed by atoms with van der Waals surface area (Å²) in [5.41, 5.74) is 0. The lowest BCUT2D eigenvalue weighted by atomic mass is 10.1. The predicted molar refractivity (Wildman–Crippen MR) is 86.5 cm³/mol. The SMILES string of the molecule is CCCC/C=C\CCC(=CCCCCCC)OC(C)=O. The summed E-state index contributed by atoms with van der Waals surface area (Å²) in [5, 5.41) is 0. The van der Waals surface area contributed by atoms with Crippen molar-refractivity contribution in [3.05, 3.63) is 24.0 Å². The highest BCUT2D eigenvalue weighted by Crippen LogP contribution is 2.12. The van der Waals surface area contributed by atoms with Gasteiger partial charge < -0.3 is 4.74 Å². The highest BCUT2D eigenvalue weighted by Gasteiger charge is 2.01. The Morgan fingerprint density at radius 3 is 2.25 bits per heavy atom. The molecule has 116 valence electrons. The molecule has 0 heterocycles. The Morgan fingerprint density at radius 2 is 1.60 bits per heavy atom. The molecule has 0 saturated heterocycles. The fourth-order valence-electron chi connectivity index (χ4n) is 2.00. The van der Waals surface area contributed by atoms with Gasteiger partial charge in [-0.3, -0.25) is 4.79 Å². The van der Waals surface area contributed by atoms with E-state index in [1.807, 2.05) is 0 Å². The first kappa shape index (κ1) is 18.9. The Kier molecular flexibility index (Phi) is 13.6. The molecule has 2 nitrogen and oxygen atoms in total. The first-order valence-electron chi connectivity index (χ1n) is 8.23. The molecule has 20 heavy (non-hydrogen) atoms. The number of ether oxygens (including phenoxy) is 1. The second-order valence-corrected chi connectivity index (χ2v) is 5.27. The van der Waals surface area contributed by atoms with Gasteiger partial charge in [0.1, 0.15) is 5.76 Å². The van der Waals surface area contributed by atoms with E-state index in [-0.39, 0.29) is 5.97 Å². The molecule has 0 unspecified atom stereocenters. The maximum Gasteiger partial charge on any atom is 0.307 e. The molecular formula is C18H32O2. The monoisotopic (exact) mass is 280 g/mol. The number of unbranched alkanes of at least 4 members (excludes halogenated alkanes) is 6. The minimum Gasteiger partial charge on any atom is -0.432 e. The number of esters is 1. The van der Waals surface area contributed by atoms with Crippen LogP contribution in [0.5, 0.6) is 0 Å². The van der Waals surface area contributed by atoms with Crippen molar-refractivity contribution in [2.75, 3.05) is 0 Å². The molecule has 0 aliphatic carbocycles. The topological polar surface area (TPSA) is 26.3 Å². The van der Waals surface area contributed by atoms with Gasteiger partial charge in [0.15, 0.2) is 0 Å². The number of rotatable bonds is 12. The smallest absolute Gasteiger partial charge is 0.307 e. The van der Waals surface area contributed by atoms with Gasteiger partial charge in [-0.05, 0) is 31.8 Å². The Bertz CT molecular complexity index is 290. The lowest BCUT2D eigenvalue weighted by molar-refractivity contribution is -0.137. The van der Waals surface area contributed by atoms with E-state index in [2.05, 4.69) is 32.1 Å². The van der Waals surface area contributed by atoms with Crippen LogP contribution >= 0.6 is 0 Å². The van der Waals surface area contributed by atoms with Gasteiger partial charge in [-0.1, -0.05) is 58.1 Å². The molecule has 0 N–H and O–H groups in total. The Labute approximate surface area is 125 Å². The molecule has 0 fully saturated rings. The number of hydrogen-bond acceptors (Lipinski definition) is 2. The zero-order valence-electron chi connectivity index (χ0n) is 13.6. The molecule has 0 spiro atoms. The molecule has 0 aliphatic rings. The normalized spacial score (nSPS) is 12.1. The summed E-state index contributed by atoms with van der Waals surface area (Å²) in [4.78, 5) is 11.1. The quantitative estimate of drug-likeness (QED) is 0.192. The van der Waals surface area contributed by atoms with Crippen LogP contribution in [0.25, 0.3) is 0 Å². The Morgan fingerprint density at radius 1 is 0.900 bits per heavy atom. The van der Waals surface area contributed by atoms with Gasteiger partial charge in [-0.25, -0.2) is 0 Å². The lowest BCUT2D eigenvalue weighted by Crippen LogP contribution is -1.99. The van der Waals surface area contributed by atoms with E-state index < -0.39 is 0 Å². The zero-order valence-corrected chi connectivity index (χ0v) is 13.6. The van der Waals surface area contributed by atoms with E-state index in [1.54, 1.807) is 0 Å². The molecule has 0 rings (SSSR count). The standard InChI is InChI=1S/C18H32O2/c1-4-6-8-10-12-14-16-18(20-17(3)19)15-13-11-9-7-5-2/h10,12,15H,4-9,11,13-14,16H2,1-3H3/b12-10-,18-15?. The van der Waals surface area contributed by atoms with Gasteiger partial charge in [0.05, 0.1) is 0 Å². The molecule has 0 atom stereocenters. The number of allylic oxidation sites excluding steroid dienone is 4. The van der Waals surface area contributed by atoms with Crippen LogP contribution in [0.15, 0.2) is 24.0 Å². The molecule has 0 aromatic heterocycles. The maximum atomic E-state index is 11.1. The molecule has 0 radical (unpaired) electrons. The van der Waals surface area contributed by atoms with Gasteiger partial charge in [0.25, 0.3) is 0 Å². The third-order valence-electron chi connectivity index (χ3n) is 3.15. The average molecular weight is 280 g/mol. The molecular weight excluding hydrogens is 248 g/mol.